The van der Waals surface area contributed by atoms with Gasteiger partial charge in [0.25, 0.3) is 0 Å². The molecular weight excluding hydrogens is 263 g/mol. The number of amides is 1. The molecule has 4 nitrogen and oxygen atoms in total. The molecular formula is C11H16Cl2N2O2. The van der Waals surface area contributed by atoms with Gasteiger partial charge in [-0.3, -0.25) is 4.79 Å². The molecule has 0 radical (unpaired) electrons. The highest BCUT2D eigenvalue weighted by atomic mass is 35.5. The number of rotatable bonds is 5. The van der Waals surface area contributed by atoms with Gasteiger partial charge in [0.1, 0.15) is 5.75 Å². The average molecular weight is 279 g/mol. The van der Waals surface area contributed by atoms with Crippen LogP contribution >= 0.6 is 24.0 Å². The van der Waals surface area contributed by atoms with E-state index in [4.69, 9.17) is 16.3 Å². The van der Waals surface area contributed by atoms with Gasteiger partial charge in [-0.05, 0) is 25.2 Å². The van der Waals surface area contributed by atoms with Crippen LogP contribution in [0.3, 0.4) is 0 Å². The molecule has 0 atom stereocenters. The zero-order chi connectivity index (χ0) is 12.0. The van der Waals surface area contributed by atoms with E-state index in [1.54, 1.807) is 32.4 Å². The van der Waals surface area contributed by atoms with Crippen LogP contribution in [0.2, 0.25) is 5.02 Å². The lowest BCUT2D eigenvalue weighted by molar-refractivity contribution is -0.120. The van der Waals surface area contributed by atoms with Crippen molar-refractivity contribution in [2.75, 3.05) is 20.7 Å². The molecule has 1 aromatic carbocycles. The first-order valence-electron chi connectivity index (χ1n) is 4.91. The van der Waals surface area contributed by atoms with E-state index in [9.17, 15) is 4.79 Å². The van der Waals surface area contributed by atoms with Crippen LogP contribution in [-0.2, 0) is 11.3 Å². The molecule has 0 heterocycles. The first-order valence-corrected chi connectivity index (χ1v) is 5.29. The van der Waals surface area contributed by atoms with Crippen molar-refractivity contribution in [3.63, 3.8) is 0 Å². The summed E-state index contributed by atoms with van der Waals surface area (Å²) in [4.78, 5) is 11.3. The predicted molar refractivity (Wildman–Crippen MR) is 71.0 cm³/mol. The van der Waals surface area contributed by atoms with Crippen molar-refractivity contribution in [2.24, 2.45) is 0 Å². The lowest BCUT2D eigenvalue weighted by Crippen LogP contribution is -2.31. The van der Waals surface area contributed by atoms with Crippen molar-refractivity contribution in [2.45, 2.75) is 6.54 Å². The first kappa shape index (κ1) is 16.0. The number of carbonyl (C=O) groups excluding carboxylic acids is 1. The van der Waals surface area contributed by atoms with E-state index in [0.717, 1.165) is 5.56 Å². The minimum absolute atomic E-state index is 0. The molecule has 0 aliphatic rings. The van der Waals surface area contributed by atoms with E-state index >= 15 is 0 Å². The summed E-state index contributed by atoms with van der Waals surface area (Å²) in [5, 5.41) is 6.16. The van der Waals surface area contributed by atoms with E-state index in [0.29, 0.717) is 23.9 Å². The Morgan fingerprint density at radius 1 is 1.47 bits per heavy atom. The molecule has 0 aliphatic heterocycles. The Morgan fingerprint density at radius 2 is 2.18 bits per heavy atom. The molecule has 2 N–H and O–H groups in total. The monoisotopic (exact) mass is 278 g/mol. The minimum atomic E-state index is -0.0653. The number of hydrogen-bond acceptors (Lipinski definition) is 3. The highest BCUT2D eigenvalue weighted by Gasteiger charge is 2.05. The maximum Gasteiger partial charge on any atom is 0.234 e. The summed E-state index contributed by atoms with van der Waals surface area (Å²) in [6.45, 7) is 0.702. The summed E-state index contributed by atoms with van der Waals surface area (Å²) in [5.74, 6) is 0.652. The Labute approximate surface area is 112 Å². The number of nitrogens with one attached hydrogen (secondary N) is 2. The van der Waals surface area contributed by atoms with Crippen LogP contribution in [0.25, 0.3) is 0 Å². The first-order chi connectivity index (χ1) is 7.67. The van der Waals surface area contributed by atoms with Gasteiger partial charge >= 0.3 is 0 Å². The zero-order valence-electron chi connectivity index (χ0n) is 9.75. The molecule has 96 valence electrons. The van der Waals surface area contributed by atoms with Crippen molar-refractivity contribution in [1.82, 2.24) is 10.6 Å². The smallest absolute Gasteiger partial charge is 0.234 e. The molecule has 0 unspecified atom stereocenters. The molecule has 1 aromatic rings. The van der Waals surface area contributed by atoms with E-state index in [2.05, 4.69) is 10.6 Å². The number of ether oxygens (including phenoxy) is 1. The second kappa shape index (κ2) is 8.17. The van der Waals surface area contributed by atoms with Crippen LogP contribution in [0.15, 0.2) is 18.2 Å². The summed E-state index contributed by atoms with van der Waals surface area (Å²) in [6.07, 6.45) is 0. The van der Waals surface area contributed by atoms with Crippen molar-refractivity contribution in [1.29, 1.82) is 0 Å². The standard InChI is InChI=1S/C11H15ClN2O2.ClH/c1-13-7-11(15)14-6-8-5-9(12)3-4-10(8)16-2;/h3-5,13H,6-7H2,1-2H3,(H,14,15);1H. The van der Waals surface area contributed by atoms with E-state index < -0.39 is 0 Å². The third kappa shape index (κ3) is 5.26. The third-order valence-electron chi connectivity index (χ3n) is 2.06. The Bertz CT molecular complexity index is 372. The Kier molecular flexibility index (Phi) is 7.70. The van der Waals surface area contributed by atoms with Crippen LogP contribution in [0, 0.1) is 0 Å². The largest absolute Gasteiger partial charge is 0.496 e. The lowest BCUT2D eigenvalue weighted by atomic mass is 10.2. The van der Waals surface area contributed by atoms with Crippen LogP contribution < -0.4 is 15.4 Å². The van der Waals surface area contributed by atoms with Gasteiger partial charge in [0.05, 0.1) is 13.7 Å². The highest BCUT2D eigenvalue weighted by Crippen LogP contribution is 2.22. The normalized spacial score (nSPS) is 9.35. The summed E-state index contributed by atoms with van der Waals surface area (Å²) in [7, 11) is 3.31. The summed E-state index contributed by atoms with van der Waals surface area (Å²) >= 11 is 5.87. The van der Waals surface area contributed by atoms with Crippen LogP contribution in [0.1, 0.15) is 5.56 Å². The molecule has 0 fully saturated rings. The number of hydrogen-bond donors (Lipinski definition) is 2. The number of likely N-dealkylation sites (N-methyl/N-ethyl adjacent to an activating group) is 1. The quantitative estimate of drug-likeness (QED) is 0.861. The Balaban J connectivity index is 0.00000256. The Morgan fingerprint density at radius 3 is 2.76 bits per heavy atom. The van der Waals surface area contributed by atoms with Gasteiger partial charge in [-0.2, -0.15) is 0 Å². The van der Waals surface area contributed by atoms with Crippen molar-refractivity contribution in [3.05, 3.63) is 28.8 Å². The zero-order valence-corrected chi connectivity index (χ0v) is 11.3. The molecule has 0 bridgehead atoms. The fourth-order valence-electron chi connectivity index (χ4n) is 1.30. The van der Waals surface area contributed by atoms with Gasteiger partial charge in [0.15, 0.2) is 0 Å². The number of carbonyl (C=O) groups is 1. The summed E-state index contributed by atoms with van der Waals surface area (Å²) < 4.78 is 5.17. The van der Waals surface area contributed by atoms with Gasteiger partial charge in [0, 0.05) is 17.1 Å². The van der Waals surface area contributed by atoms with E-state index in [1.165, 1.54) is 0 Å². The summed E-state index contributed by atoms with van der Waals surface area (Å²) in [5.41, 5.74) is 0.861. The lowest BCUT2D eigenvalue weighted by Gasteiger charge is -2.10. The molecule has 0 saturated carbocycles. The molecule has 1 rings (SSSR count). The van der Waals surface area contributed by atoms with Crippen LogP contribution in [0.4, 0.5) is 0 Å². The van der Waals surface area contributed by atoms with Crippen molar-refractivity contribution >= 4 is 29.9 Å². The van der Waals surface area contributed by atoms with Gasteiger partial charge < -0.3 is 15.4 Å². The average Bonchev–Trinajstić information content (AvgIpc) is 2.27. The minimum Gasteiger partial charge on any atom is -0.496 e. The molecule has 1 amide bonds. The molecule has 6 heteroatoms. The van der Waals surface area contributed by atoms with Crippen LogP contribution in [-0.4, -0.2) is 26.6 Å². The Hall–Kier alpha value is -0.970. The maximum absolute atomic E-state index is 11.3. The van der Waals surface area contributed by atoms with Crippen LogP contribution in [0.5, 0.6) is 5.75 Å². The molecule has 0 aliphatic carbocycles. The summed E-state index contributed by atoms with van der Waals surface area (Å²) in [6, 6.07) is 5.31. The second-order valence-electron chi connectivity index (χ2n) is 3.26. The van der Waals surface area contributed by atoms with Crippen molar-refractivity contribution < 1.29 is 9.53 Å². The number of methoxy groups -OCH3 is 1. The van der Waals surface area contributed by atoms with Gasteiger partial charge in [-0.1, -0.05) is 11.6 Å². The molecule has 17 heavy (non-hydrogen) atoms. The fraction of sp³-hybridized carbons (Fsp3) is 0.364. The third-order valence-corrected chi connectivity index (χ3v) is 2.29. The second-order valence-corrected chi connectivity index (χ2v) is 3.70. The van der Waals surface area contributed by atoms with Gasteiger partial charge in [-0.25, -0.2) is 0 Å². The molecule has 0 saturated heterocycles. The van der Waals surface area contributed by atoms with E-state index in [1.807, 2.05) is 0 Å². The highest BCUT2D eigenvalue weighted by molar-refractivity contribution is 6.30. The predicted octanol–water partition coefficient (Wildman–Crippen LogP) is 1.61. The molecule has 0 spiro atoms. The fourth-order valence-corrected chi connectivity index (χ4v) is 1.50. The van der Waals surface area contributed by atoms with Gasteiger partial charge in [0.2, 0.25) is 5.91 Å². The SMILES string of the molecule is CNCC(=O)NCc1cc(Cl)ccc1OC.Cl. The van der Waals surface area contributed by atoms with Crippen molar-refractivity contribution in [3.8, 4) is 5.75 Å². The maximum atomic E-state index is 11.3. The van der Waals surface area contributed by atoms with Gasteiger partial charge in [-0.15, -0.1) is 12.4 Å². The topological polar surface area (TPSA) is 50.4 Å². The number of benzene rings is 1. The molecule has 0 aromatic heterocycles. The number of halogens is 2. The van der Waals surface area contributed by atoms with E-state index in [-0.39, 0.29) is 18.3 Å².